The van der Waals surface area contributed by atoms with Crippen molar-refractivity contribution < 1.29 is 4.74 Å². The van der Waals surface area contributed by atoms with Gasteiger partial charge in [-0.05, 0) is 30.6 Å². The molecule has 1 N–H and O–H groups in total. The number of methoxy groups -OCH3 is 1. The zero-order valence-corrected chi connectivity index (χ0v) is 10.9. The van der Waals surface area contributed by atoms with Crippen molar-refractivity contribution in [3.63, 3.8) is 0 Å². The number of ether oxygens (including phenoxy) is 1. The van der Waals surface area contributed by atoms with Crippen LogP contribution in [-0.2, 0) is 4.74 Å². The Balaban J connectivity index is 2.23. The van der Waals surface area contributed by atoms with Gasteiger partial charge in [-0.15, -0.1) is 0 Å². The second-order valence-electron chi connectivity index (χ2n) is 5.64. The molecule has 0 radical (unpaired) electrons. The summed E-state index contributed by atoms with van der Waals surface area (Å²) in [5.74, 6) is 2.45. The highest BCUT2D eigenvalue weighted by atomic mass is 16.5. The number of rotatable bonds is 6. The fraction of sp³-hybridized carbons (Fsp3) is 1.00. The van der Waals surface area contributed by atoms with E-state index in [0.29, 0.717) is 12.0 Å². The summed E-state index contributed by atoms with van der Waals surface area (Å²) in [5.41, 5.74) is 0. The van der Waals surface area contributed by atoms with E-state index in [9.17, 15) is 0 Å². The molecule has 0 spiro atoms. The van der Waals surface area contributed by atoms with Crippen molar-refractivity contribution in [1.29, 1.82) is 0 Å². The third kappa shape index (κ3) is 3.76. The molecule has 1 aliphatic carbocycles. The molecule has 1 atom stereocenters. The van der Waals surface area contributed by atoms with E-state index in [1.54, 1.807) is 7.11 Å². The van der Waals surface area contributed by atoms with Crippen molar-refractivity contribution in [2.24, 2.45) is 17.8 Å². The first kappa shape index (κ1) is 13.0. The van der Waals surface area contributed by atoms with Gasteiger partial charge in [0.15, 0.2) is 0 Å². The van der Waals surface area contributed by atoms with Gasteiger partial charge in [0.1, 0.15) is 0 Å². The van der Waals surface area contributed by atoms with Crippen LogP contribution in [0.2, 0.25) is 0 Å². The molecular formula is C13H27NO. The van der Waals surface area contributed by atoms with Crippen LogP contribution < -0.4 is 5.32 Å². The SMILES string of the molecule is COCC(NC1CC(C(C)C)C1)C(C)C. The monoisotopic (exact) mass is 213 g/mol. The van der Waals surface area contributed by atoms with Gasteiger partial charge in [-0.25, -0.2) is 0 Å². The highest BCUT2D eigenvalue weighted by Gasteiger charge is 2.32. The zero-order valence-electron chi connectivity index (χ0n) is 10.9. The largest absolute Gasteiger partial charge is 0.383 e. The normalized spacial score (nSPS) is 28.2. The zero-order chi connectivity index (χ0) is 11.4. The van der Waals surface area contributed by atoms with E-state index in [0.717, 1.165) is 24.5 Å². The third-order valence-corrected chi connectivity index (χ3v) is 3.72. The molecule has 1 fully saturated rings. The molecule has 1 rings (SSSR count). The summed E-state index contributed by atoms with van der Waals surface area (Å²) in [6.07, 6.45) is 2.70. The van der Waals surface area contributed by atoms with Gasteiger partial charge in [0.25, 0.3) is 0 Å². The summed E-state index contributed by atoms with van der Waals surface area (Å²) in [6.45, 7) is 10.0. The van der Waals surface area contributed by atoms with Gasteiger partial charge in [0.2, 0.25) is 0 Å². The van der Waals surface area contributed by atoms with Gasteiger partial charge in [-0.3, -0.25) is 0 Å². The summed E-state index contributed by atoms with van der Waals surface area (Å²) < 4.78 is 5.25. The van der Waals surface area contributed by atoms with Crippen LogP contribution >= 0.6 is 0 Å². The van der Waals surface area contributed by atoms with Crippen LogP contribution in [-0.4, -0.2) is 25.8 Å². The first-order chi connectivity index (χ1) is 7.04. The molecule has 1 aliphatic rings. The summed E-state index contributed by atoms with van der Waals surface area (Å²) in [7, 11) is 1.79. The van der Waals surface area contributed by atoms with Gasteiger partial charge in [-0.2, -0.15) is 0 Å². The lowest BCUT2D eigenvalue weighted by molar-refractivity contribution is 0.102. The number of hydrogen-bond acceptors (Lipinski definition) is 2. The van der Waals surface area contributed by atoms with Crippen LogP contribution in [0.15, 0.2) is 0 Å². The van der Waals surface area contributed by atoms with Crippen LogP contribution in [0.1, 0.15) is 40.5 Å². The van der Waals surface area contributed by atoms with E-state index in [-0.39, 0.29) is 0 Å². The lowest BCUT2D eigenvalue weighted by Crippen LogP contribution is -2.50. The maximum Gasteiger partial charge on any atom is 0.0618 e. The van der Waals surface area contributed by atoms with Crippen molar-refractivity contribution in [3.8, 4) is 0 Å². The minimum absolute atomic E-state index is 0.521. The van der Waals surface area contributed by atoms with Gasteiger partial charge >= 0.3 is 0 Å². The molecule has 15 heavy (non-hydrogen) atoms. The summed E-state index contributed by atoms with van der Waals surface area (Å²) >= 11 is 0. The maximum atomic E-state index is 5.25. The second-order valence-corrected chi connectivity index (χ2v) is 5.64. The lowest BCUT2D eigenvalue weighted by Gasteiger charge is -2.41. The second kappa shape index (κ2) is 5.86. The summed E-state index contributed by atoms with van der Waals surface area (Å²) in [4.78, 5) is 0. The molecular weight excluding hydrogens is 186 g/mol. The van der Waals surface area contributed by atoms with Crippen molar-refractivity contribution in [2.75, 3.05) is 13.7 Å². The molecule has 0 aromatic heterocycles. The molecule has 0 aliphatic heterocycles. The Morgan fingerprint density at radius 3 is 2.20 bits per heavy atom. The topological polar surface area (TPSA) is 21.3 Å². The molecule has 90 valence electrons. The minimum atomic E-state index is 0.521. The standard InChI is InChI=1S/C13H27NO/c1-9(2)11-6-12(7-11)14-13(8-15-5)10(3)4/h9-14H,6-8H2,1-5H3. The predicted octanol–water partition coefficient (Wildman–Crippen LogP) is 2.68. The molecule has 1 unspecified atom stereocenters. The number of nitrogens with one attached hydrogen (secondary N) is 1. The fourth-order valence-corrected chi connectivity index (χ4v) is 2.26. The average Bonchev–Trinajstić information content (AvgIpc) is 2.07. The molecule has 0 heterocycles. The molecule has 0 aromatic rings. The molecule has 0 bridgehead atoms. The van der Waals surface area contributed by atoms with Crippen LogP contribution in [0.3, 0.4) is 0 Å². The maximum absolute atomic E-state index is 5.25. The van der Waals surface area contributed by atoms with Crippen molar-refractivity contribution >= 4 is 0 Å². The highest BCUT2D eigenvalue weighted by molar-refractivity contribution is 4.89. The first-order valence-electron chi connectivity index (χ1n) is 6.29. The van der Waals surface area contributed by atoms with E-state index in [2.05, 4.69) is 33.0 Å². The van der Waals surface area contributed by atoms with E-state index >= 15 is 0 Å². The Hall–Kier alpha value is -0.0800. The van der Waals surface area contributed by atoms with Crippen LogP contribution in [0, 0.1) is 17.8 Å². The Labute approximate surface area is 94.8 Å². The summed E-state index contributed by atoms with van der Waals surface area (Å²) in [5, 5.41) is 3.71. The van der Waals surface area contributed by atoms with Gasteiger partial charge in [0, 0.05) is 19.2 Å². The Bertz CT molecular complexity index is 173. The molecule has 2 heteroatoms. The average molecular weight is 213 g/mol. The Kier molecular flexibility index (Phi) is 5.07. The fourth-order valence-electron chi connectivity index (χ4n) is 2.26. The van der Waals surface area contributed by atoms with Crippen molar-refractivity contribution in [1.82, 2.24) is 5.32 Å². The van der Waals surface area contributed by atoms with E-state index < -0.39 is 0 Å². The van der Waals surface area contributed by atoms with Crippen LogP contribution in [0.4, 0.5) is 0 Å². The van der Waals surface area contributed by atoms with Crippen LogP contribution in [0.5, 0.6) is 0 Å². The van der Waals surface area contributed by atoms with Crippen molar-refractivity contribution in [2.45, 2.75) is 52.6 Å². The highest BCUT2D eigenvalue weighted by Crippen LogP contribution is 2.34. The Morgan fingerprint density at radius 2 is 1.80 bits per heavy atom. The molecule has 0 saturated heterocycles. The quantitative estimate of drug-likeness (QED) is 0.732. The van der Waals surface area contributed by atoms with Crippen molar-refractivity contribution in [3.05, 3.63) is 0 Å². The van der Waals surface area contributed by atoms with E-state index in [1.807, 2.05) is 0 Å². The molecule has 2 nitrogen and oxygen atoms in total. The van der Waals surface area contributed by atoms with Gasteiger partial charge in [0.05, 0.1) is 6.61 Å². The molecule has 0 aromatic carbocycles. The van der Waals surface area contributed by atoms with E-state index in [4.69, 9.17) is 4.74 Å². The van der Waals surface area contributed by atoms with Crippen LogP contribution in [0.25, 0.3) is 0 Å². The molecule has 0 amide bonds. The van der Waals surface area contributed by atoms with Gasteiger partial charge < -0.3 is 10.1 Å². The summed E-state index contributed by atoms with van der Waals surface area (Å²) in [6, 6.07) is 1.26. The van der Waals surface area contributed by atoms with Gasteiger partial charge in [-0.1, -0.05) is 27.7 Å². The lowest BCUT2D eigenvalue weighted by atomic mass is 9.73. The predicted molar refractivity (Wildman–Crippen MR) is 65.0 cm³/mol. The Morgan fingerprint density at radius 1 is 1.20 bits per heavy atom. The van der Waals surface area contributed by atoms with E-state index in [1.165, 1.54) is 12.8 Å². The number of hydrogen-bond donors (Lipinski definition) is 1. The third-order valence-electron chi connectivity index (χ3n) is 3.72. The minimum Gasteiger partial charge on any atom is -0.383 e. The first-order valence-corrected chi connectivity index (χ1v) is 6.29. The molecule has 1 saturated carbocycles. The smallest absolute Gasteiger partial charge is 0.0618 e.